The van der Waals surface area contributed by atoms with Gasteiger partial charge in [0.1, 0.15) is 0 Å². The van der Waals surface area contributed by atoms with Gasteiger partial charge in [-0.05, 0) is 44.7 Å². The van der Waals surface area contributed by atoms with Crippen LogP contribution in [0.15, 0.2) is 24.3 Å². The third kappa shape index (κ3) is 4.96. The van der Waals surface area contributed by atoms with E-state index in [0.29, 0.717) is 6.42 Å². The van der Waals surface area contributed by atoms with E-state index >= 15 is 0 Å². The SMILES string of the molecule is CC(O)Cc1cccc(CC(C)(C)N)c1. The summed E-state index contributed by atoms with van der Waals surface area (Å²) in [5.74, 6) is 0. The van der Waals surface area contributed by atoms with Gasteiger partial charge in [0.15, 0.2) is 0 Å². The van der Waals surface area contributed by atoms with Crippen molar-refractivity contribution in [1.29, 1.82) is 0 Å². The van der Waals surface area contributed by atoms with Crippen LogP contribution in [0.5, 0.6) is 0 Å². The average molecular weight is 207 g/mol. The van der Waals surface area contributed by atoms with Gasteiger partial charge in [-0.1, -0.05) is 24.3 Å². The average Bonchev–Trinajstić information content (AvgIpc) is 1.99. The third-order valence-corrected chi connectivity index (χ3v) is 2.18. The van der Waals surface area contributed by atoms with Crippen molar-refractivity contribution in [1.82, 2.24) is 0 Å². The molecule has 0 spiro atoms. The fraction of sp³-hybridized carbons (Fsp3) is 0.538. The first kappa shape index (κ1) is 12.2. The second-order valence-corrected chi connectivity index (χ2v) is 5.04. The molecule has 0 radical (unpaired) electrons. The van der Waals surface area contributed by atoms with Gasteiger partial charge < -0.3 is 10.8 Å². The number of benzene rings is 1. The van der Waals surface area contributed by atoms with Crippen LogP contribution >= 0.6 is 0 Å². The Morgan fingerprint density at radius 2 is 1.93 bits per heavy atom. The van der Waals surface area contributed by atoms with Crippen LogP contribution in [0.4, 0.5) is 0 Å². The lowest BCUT2D eigenvalue weighted by Crippen LogP contribution is -2.34. The summed E-state index contributed by atoms with van der Waals surface area (Å²) in [5, 5.41) is 9.30. The Morgan fingerprint density at radius 1 is 1.33 bits per heavy atom. The lowest BCUT2D eigenvalue weighted by Gasteiger charge is -2.18. The summed E-state index contributed by atoms with van der Waals surface area (Å²) in [6, 6.07) is 8.28. The standard InChI is InChI=1S/C13H21NO/c1-10(15)7-11-5-4-6-12(8-11)9-13(2,3)14/h4-6,8,10,15H,7,9,14H2,1-3H3. The molecule has 0 amide bonds. The summed E-state index contributed by atoms with van der Waals surface area (Å²) in [6.07, 6.45) is 1.28. The lowest BCUT2D eigenvalue weighted by molar-refractivity contribution is 0.195. The van der Waals surface area contributed by atoms with Crippen LogP contribution in [0.25, 0.3) is 0 Å². The molecule has 0 bridgehead atoms. The zero-order chi connectivity index (χ0) is 11.5. The Kier molecular flexibility index (Phi) is 3.89. The van der Waals surface area contributed by atoms with Crippen molar-refractivity contribution < 1.29 is 5.11 Å². The van der Waals surface area contributed by atoms with E-state index in [1.807, 2.05) is 26.0 Å². The molecule has 0 aliphatic carbocycles. The van der Waals surface area contributed by atoms with Gasteiger partial charge in [0.25, 0.3) is 0 Å². The van der Waals surface area contributed by atoms with Crippen molar-refractivity contribution in [2.24, 2.45) is 5.73 Å². The van der Waals surface area contributed by atoms with Crippen molar-refractivity contribution in [3.8, 4) is 0 Å². The Bertz CT molecular complexity index is 313. The van der Waals surface area contributed by atoms with Crippen molar-refractivity contribution in [3.63, 3.8) is 0 Å². The zero-order valence-corrected chi connectivity index (χ0v) is 9.83. The number of hydrogen-bond acceptors (Lipinski definition) is 2. The van der Waals surface area contributed by atoms with E-state index in [1.165, 1.54) is 11.1 Å². The van der Waals surface area contributed by atoms with E-state index < -0.39 is 0 Å². The maximum absolute atomic E-state index is 9.30. The molecule has 15 heavy (non-hydrogen) atoms. The van der Waals surface area contributed by atoms with Crippen LogP contribution in [0, 0.1) is 0 Å². The predicted molar refractivity (Wildman–Crippen MR) is 63.8 cm³/mol. The molecule has 0 aromatic heterocycles. The topological polar surface area (TPSA) is 46.2 Å². The smallest absolute Gasteiger partial charge is 0.0552 e. The molecule has 1 aromatic rings. The fourth-order valence-electron chi connectivity index (χ4n) is 1.73. The third-order valence-electron chi connectivity index (χ3n) is 2.18. The molecule has 0 saturated carbocycles. The van der Waals surface area contributed by atoms with Crippen LogP contribution in [0.2, 0.25) is 0 Å². The van der Waals surface area contributed by atoms with Crippen LogP contribution in [0.3, 0.4) is 0 Å². The predicted octanol–water partition coefficient (Wildman–Crippen LogP) is 1.89. The number of rotatable bonds is 4. The summed E-state index contributed by atoms with van der Waals surface area (Å²) in [6.45, 7) is 5.85. The van der Waals surface area contributed by atoms with Crippen molar-refractivity contribution in [2.45, 2.75) is 45.3 Å². The molecule has 0 aliphatic rings. The normalized spacial score (nSPS) is 13.9. The molecular formula is C13H21NO. The molecule has 0 aliphatic heterocycles. The molecule has 84 valence electrons. The number of nitrogens with two attached hydrogens (primary N) is 1. The zero-order valence-electron chi connectivity index (χ0n) is 9.83. The van der Waals surface area contributed by atoms with Gasteiger partial charge in [0, 0.05) is 5.54 Å². The van der Waals surface area contributed by atoms with E-state index in [1.54, 1.807) is 6.92 Å². The van der Waals surface area contributed by atoms with Crippen molar-refractivity contribution in [2.75, 3.05) is 0 Å². The monoisotopic (exact) mass is 207 g/mol. The van der Waals surface area contributed by atoms with Crippen molar-refractivity contribution >= 4 is 0 Å². The summed E-state index contributed by atoms with van der Waals surface area (Å²) < 4.78 is 0. The molecule has 0 heterocycles. The second-order valence-electron chi connectivity index (χ2n) is 5.04. The molecule has 2 nitrogen and oxygen atoms in total. The maximum Gasteiger partial charge on any atom is 0.0552 e. The summed E-state index contributed by atoms with van der Waals surface area (Å²) in [5.41, 5.74) is 8.20. The molecule has 1 unspecified atom stereocenters. The minimum Gasteiger partial charge on any atom is -0.393 e. The van der Waals surface area contributed by atoms with Crippen molar-refractivity contribution in [3.05, 3.63) is 35.4 Å². The maximum atomic E-state index is 9.30. The van der Waals surface area contributed by atoms with Gasteiger partial charge in [0.05, 0.1) is 6.10 Å². The molecule has 0 fully saturated rings. The molecule has 3 N–H and O–H groups in total. The minimum atomic E-state index is -0.286. The van der Waals surface area contributed by atoms with Crippen LogP contribution in [0.1, 0.15) is 31.9 Å². The first-order valence-corrected chi connectivity index (χ1v) is 5.41. The first-order valence-electron chi connectivity index (χ1n) is 5.41. The fourth-order valence-corrected chi connectivity index (χ4v) is 1.73. The largest absolute Gasteiger partial charge is 0.393 e. The molecule has 1 aromatic carbocycles. The molecule has 2 heteroatoms. The van der Waals surface area contributed by atoms with Gasteiger partial charge in [0.2, 0.25) is 0 Å². The van der Waals surface area contributed by atoms with Crippen LogP contribution in [-0.2, 0) is 12.8 Å². The molecule has 1 atom stereocenters. The molecule has 0 saturated heterocycles. The summed E-state index contributed by atoms with van der Waals surface area (Å²) >= 11 is 0. The Morgan fingerprint density at radius 3 is 2.47 bits per heavy atom. The molecule has 1 rings (SSSR count). The van der Waals surface area contributed by atoms with E-state index in [2.05, 4.69) is 12.1 Å². The van der Waals surface area contributed by atoms with Gasteiger partial charge in [-0.25, -0.2) is 0 Å². The highest BCUT2D eigenvalue weighted by molar-refractivity contribution is 5.25. The Balaban J connectivity index is 2.74. The number of aliphatic hydroxyl groups excluding tert-OH is 1. The Labute approximate surface area is 92.1 Å². The quantitative estimate of drug-likeness (QED) is 0.792. The van der Waals surface area contributed by atoms with Gasteiger partial charge >= 0.3 is 0 Å². The van der Waals surface area contributed by atoms with E-state index in [4.69, 9.17) is 5.73 Å². The van der Waals surface area contributed by atoms with Crippen LogP contribution in [-0.4, -0.2) is 16.7 Å². The van der Waals surface area contributed by atoms with E-state index in [-0.39, 0.29) is 11.6 Å². The first-order chi connectivity index (χ1) is 6.87. The highest BCUT2D eigenvalue weighted by Gasteiger charge is 2.11. The summed E-state index contributed by atoms with van der Waals surface area (Å²) in [7, 11) is 0. The molecular weight excluding hydrogens is 186 g/mol. The van der Waals surface area contributed by atoms with Crippen LogP contribution < -0.4 is 5.73 Å². The lowest BCUT2D eigenvalue weighted by atomic mass is 9.94. The highest BCUT2D eigenvalue weighted by Crippen LogP contribution is 2.13. The van der Waals surface area contributed by atoms with Gasteiger partial charge in [-0.2, -0.15) is 0 Å². The van der Waals surface area contributed by atoms with Gasteiger partial charge in [-0.15, -0.1) is 0 Å². The summed E-state index contributed by atoms with van der Waals surface area (Å²) in [4.78, 5) is 0. The van der Waals surface area contributed by atoms with E-state index in [9.17, 15) is 5.11 Å². The highest BCUT2D eigenvalue weighted by atomic mass is 16.3. The van der Waals surface area contributed by atoms with E-state index in [0.717, 1.165) is 6.42 Å². The van der Waals surface area contributed by atoms with Gasteiger partial charge in [-0.3, -0.25) is 0 Å². The number of aliphatic hydroxyl groups is 1. The second kappa shape index (κ2) is 4.77. The minimum absolute atomic E-state index is 0.177. The number of hydrogen-bond donors (Lipinski definition) is 2. The Hall–Kier alpha value is -0.860.